The lowest BCUT2D eigenvalue weighted by atomic mass is 10.1. The lowest BCUT2D eigenvalue weighted by Crippen LogP contribution is -2.41. The van der Waals surface area contributed by atoms with E-state index in [0.29, 0.717) is 43.9 Å². The first kappa shape index (κ1) is 117. The Morgan fingerprint density at radius 3 is 0.892 bits per heavy atom. The summed E-state index contributed by atoms with van der Waals surface area (Å²) in [6.07, 6.45) is 0. The number of nitrogens with one attached hydrogen (secondary N) is 9. The molecule has 0 bridgehead atoms. The van der Waals surface area contributed by atoms with E-state index < -0.39 is 97.9 Å². The average molecular weight is 1920 g/mol. The molecule has 9 rings (SSSR count). The summed E-state index contributed by atoms with van der Waals surface area (Å²) in [5.74, 6) is -9.69. The van der Waals surface area contributed by atoms with Crippen molar-refractivity contribution in [3.63, 3.8) is 0 Å². The Hall–Kier alpha value is -11.4. The highest BCUT2D eigenvalue weighted by atomic mass is 79.9. The van der Waals surface area contributed by atoms with Crippen LogP contribution in [0.5, 0.6) is 0 Å². The van der Waals surface area contributed by atoms with Gasteiger partial charge in [0, 0.05) is 105 Å². The third-order valence-corrected chi connectivity index (χ3v) is 15.9. The molecule has 708 valence electrons. The molecule has 9 amide bonds. The molecule has 9 aromatic carbocycles. The Bertz CT molecular complexity index is 4960. The fraction of sp³-hybridized carbons (Fsp3) is 0.370. The van der Waals surface area contributed by atoms with Gasteiger partial charge in [-0.05, 0) is 339 Å². The zero-order chi connectivity index (χ0) is 100. The Labute approximate surface area is 778 Å². The molecule has 0 unspecified atom stereocenters. The maximum atomic E-state index is 13.2. The van der Waals surface area contributed by atoms with Gasteiger partial charge in [-0.2, -0.15) is 0 Å². The van der Waals surface area contributed by atoms with Crippen LogP contribution in [0.2, 0.25) is 10.0 Å². The van der Waals surface area contributed by atoms with Crippen molar-refractivity contribution in [2.75, 3.05) is 0 Å². The standard InChI is InChI=1S/C12H17NO.C11H14BrNO.C11H13Cl2NO.4C11H13F2NO.C11H14FNO.C11H15NO/c1-9-5-7-10(8-6-9)11(14)13-12(2,3)4;1-11(2,3)13-10(14)8-4-6-9(12)7-5-8;1-11(2,3)14-10(15)8-5-4-7(12)6-9(8)13;1-11(2,3)14-10(15)7-4-8(12)6-9(13)5-7;1-11(2,3)14-10(15)8-5-4-7(12)6-9(8)13;1-11(2,3)14-10(15)7-4-5-8(12)9(13)6-7;1-11(2,3)14-10(15)9-7(12)5-4-6-8(9)13;1-11(2,3)13-10(14)8-4-6-9(12)7-5-8;1-11(2,3)12-10(13)9-7-5-4-6-8-9/h5-8H,1-4H3,(H,13,14);4-7H,1-3H3,(H,13,14);5*4-6H,1-3H3,(H,14,15);4-7H,1-3H3,(H,13,14);4-8H,1-3H3,(H,12,13). The van der Waals surface area contributed by atoms with Crippen molar-refractivity contribution in [2.24, 2.45) is 0 Å². The Kier molecular flexibility index (Phi) is 46.0. The van der Waals surface area contributed by atoms with E-state index in [2.05, 4.69) is 63.8 Å². The Morgan fingerprint density at radius 2 is 0.538 bits per heavy atom. The molecule has 0 atom stereocenters. The van der Waals surface area contributed by atoms with E-state index in [1.165, 1.54) is 36.4 Å². The van der Waals surface area contributed by atoms with Crippen molar-refractivity contribution < 1.29 is 82.7 Å². The van der Waals surface area contributed by atoms with Crippen LogP contribution < -0.4 is 47.9 Å². The molecule has 0 aliphatic carbocycles. The molecular weight excluding hydrogens is 1790 g/mol. The predicted octanol–water partition coefficient (Wildman–Crippen LogP) is 23.6. The maximum absolute atomic E-state index is 13.2. The second-order valence-corrected chi connectivity index (χ2v) is 40.5. The fourth-order valence-electron chi connectivity index (χ4n) is 9.58. The van der Waals surface area contributed by atoms with Gasteiger partial charge in [-0.3, -0.25) is 43.2 Å². The molecule has 0 radical (unpaired) electrons. The highest BCUT2D eigenvalue weighted by molar-refractivity contribution is 9.10. The monoisotopic (exact) mass is 1920 g/mol. The van der Waals surface area contributed by atoms with Gasteiger partial charge in [-0.25, -0.2) is 39.5 Å². The smallest absolute Gasteiger partial charge is 0.257 e. The largest absolute Gasteiger partial charge is 0.347 e. The zero-order valence-corrected chi connectivity index (χ0v) is 82.3. The summed E-state index contributed by atoms with van der Waals surface area (Å²) in [6, 6.07) is 46.4. The summed E-state index contributed by atoms with van der Waals surface area (Å²) in [6.45, 7) is 52.5. The van der Waals surface area contributed by atoms with Crippen molar-refractivity contribution in [1.29, 1.82) is 0 Å². The number of benzene rings is 9. The second-order valence-electron chi connectivity index (χ2n) is 38.7. The Balaban J connectivity index is 0.000000731. The quantitative estimate of drug-likeness (QED) is 0.0622. The van der Waals surface area contributed by atoms with Gasteiger partial charge in [0.2, 0.25) is 0 Å². The van der Waals surface area contributed by atoms with E-state index in [1.54, 1.807) is 105 Å². The van der Waals surface area contributed by atoms with E-state index in [9.17, 15) is 82.7 Å². The van der Waals surface area contributed by atoms with E-state index >= 15 is 0 Å². The van der Waals surface area contributed by atoms with Crippen LogP contribution in [0.3, 0.4) is 0 Å². The van der Waals surface area contributed by atoms with Crippen LogP contribution in [0, 0.1) is 59.3 Å². The van der Waals surface area contributed by atoms with Gasteiger partial charge in [0.05, 0.1) is 16.1 Å². The minimum Gasteiger partial charge on any atom is -0.347 e. The molecule has 0 spiro atoms. The number of carbonyl (C=O) groups excluding carboxylic acids is 9. The molecule has 0 heterocycles. The summed E-state index contributed by atoms with van der Waals surface area (Å²) in [7, 11) is 0. The van der Waals surface area contributed by atoms with Gasteiger partial charge in [0.25, 0.3) is 53.2 Å². The summed E-state index contributed by atoms with van der Waals surface area (Å²) >= 11 is 15.0. The number of amides is 9. The molecule has 0 aliphatic rings. The highest BCUT2D eigenvalue weighted by Gasteiger charge is 2.26. The third-order valence-electron chi connectivity index (χ3n) is 14.8. The first-order valence-electron chi connectivity index (χ1n) is 40.9. The maximum Gasteiger partial charge on any atom is 0.257 e. The van der Waals surface area contributed by atoms with Crippen LogP contribution in [-0.2, 0) is 0 Å². The average Bonchev–Trinajstić information content (AvgIpc) is 0.837. The molecule has 130 heavy (non-hydrogen) atoms. The van der Waals surface area contributed by atoms with Crippen molar-refractivity contribution in [3.8, 4) is 0 Å². The van der Waals surface area contributed by atoms with Crippen molar-refractivity contribution in [2.45, 2.75) is 244 Å². The van der Waals surface area contributed by atoms with E-state index in [0.717, 1.165) is 64.6 Å². The number of aryl methyl sites for hydroxylation is 1. The minimum atomic E-state index is -1.02. The fourth-order valence-corrected chi connectivity index (χ4v) is 10.3. The van der Waals surface area contributed by atoms with Crippen molar-refractivity contribution in [1.82, 2.24) is 47.9 Å². The molecule has 0 saturated heterocycles. The topological polar surface area (TPSA) is 262 Å². The number of halogens is 12. The lowest BCUT2D eigenvalue weighted by Gasteiger charge is -2.20. The normalized spacial score (nSPS) is 11.2. The molecule has 0 saturated carbocycles. The molecule has 0 aromatic heterocycles. The van der Waals surface area contributed by atoms with Gasteiger partial charge in [-0.15, -0.1) is 0 Å². The van der Waals surface area contributed by atoms with Crippen LogP contribution in [0.1, 0.15) is 286 Å². The van der Waals surface area contributed by atoms with E-state index in [4.69, 9.17) is 23.2 Å². The highest BCUT2D eigenvalue weighted by Crippen LogP contribution is 2.23. The molecule has 9 N–H and O–H groups in total. The molecule has 30 heteroatoms. The second kappa shape index (κ2) is 51.3. The van der Waals surface area contributed by atoms with Gasteiger partial charge in [0.15, 0.2) is 11.6 Å². The van der Waals surface area contributed by atoms with Crippen LogP contribution in [0.4, 0.5) is 39.5 Å². The summed E-state index contributed by atoms with van der Waals surface area (Å²) in [4.78, 5) is 104. The van der Waals surface area contributed by atoms with Gasteiger partial charge >= 0.3 is 0 Å². The molecular formula is C100H125BrCl2F9N9O9. The minimum absolute atomic E-state index is 0.0116. The zero-order valence-electron chi connectivity index (χ0n) is 79.2. The van der Waals surface area contributed by atoms with Gasteiger partial charge in [-0.1, -0.05) is 81.1 Å². The molecule has 9 aromatic rings. The van der Waals surface area contributed by atoms with Gasteiger partial charge in [0.1, 0.15) is 46.3 Å². The van der Waals surface area contributed by atoms with E-state index in [1.807, 2.05) is 186 Å². The SMILES string of the molecule is CC(C)(C)NC(=O)c1c(F)cccc1F.CC(C)(C)NC(=O)c1cc(F)cc(F)c1.CC(C)(C)NC(=O)c1ccc(Br)cc1.CC(C)(C)NC(=O)c1ccc(Cl)cc1Cl.CC(C)(C)NC(=O)c1ccc(F)c(F)c1.CC(C)(C)NC(=O)c1ccc(F)cc1.CC(C)(C)NC(=O)c1ccc(F)cc1F.CC(C)(C)NC(=O)c1ccccc1.Cc1ccc(C(=O)NC(C)(C)C)cc1. The summed E-state index contributed by atoms with van der Waals surface area (Å²) in [5, 5.41) is 25.6. The summed E-state index contributed by atoms with van der Waals surface area (Å²) < 4.78 is 117. The number of rotatable bonds is 9. The van der Waals surface area contributed by atoms with Crippen LogP contribution >= 0.6 is 39.1 Å². The van der Waals surface area contributed by atoms with Gasteiger partial charge < -0.3 is 47.9 Å². The Morgan fingerprint density at radius 1 is 0.238 bits per heavy atom. The van der Waals surface area contributed by atoms with Crippen molar-refractivity contribution in [3.05, 3.63) is 317 Å². The first-order valence-corrected chi connectivity index (χ1v) is 42.5. The van der Waals surface area contributed by atoms with Crippen molar-refractivity contribution >= 4 is 92.3 Å². The molecule has 0 fully saturated rings. The van der Waals surface area contributed by atoms with E-state index in [-0.39, 0.29) is 79.7 Å². The predicted molar refractivity (Wildman–Crippen MR) is 505 cm³/mol. The summed E-state index contributed by atoms with van der Waals surface area (Å²) in [5.41, 5.74) is 0.710. The van der Waals surface area contributed by atoms with Crippen LogP contribution in [0.25, 0.3) is 0 Å². The number of hydrogen-bond acceptors (Lipinski definition) is 9. The van der Waals surface area contributed by atoms with Crippen LogP contribution in [0.15, 0.2) is 199 Å². The lowest BCUT2D eigenvalue weighted by molar-refractivity contribution is 0.0901. The number of hydrogen-bond donors (Lipinski definition) is 9. The first-order chi connectivity index (χ1) is 59.1. The number of carbonyl (C=O) groups is 9. The van der Waals surface area contributed by atoms with Crippen LogP contribution in [-0.4, -0.2) is 103 Å². The molecule has 18 nitrogen and oxygen atoms in total. The molecule has 0 aliphatic heterocycles. The third kappa shape index (κ3) is 52.3.